The van der Waals surface area contributed by atoms with Gasteiger partial charge in [0.05, 0.1) is 5.92 Å². The van der Waals surface area contributed by atoms with Gasteiger partial charge in [0.15, 0.2) is 0 Å². The van der Waals surface area contributed by atoms with E-state index >= 15 is 0 Å². The van der Waals surface area contributed by atoms with Crippen LogP contribution in [0.25, 0.3) is 0 Å². The predicted octanol–water partition coefficient (Wildman–Crippen LogP) is 1.24. The number of nitrogens with one attached hydrogen (secondary N) is 2. The van der Waals surface area contributed by atoms with E-state index in [4.69, 9.17) is 4.74 Å². The predicted molar refractivity (Wildman–Crippen MR) is 93.6 cm³/mol. The lowest BCUT2D eigenvalue weighted by Gasteiger charge is -2.32. The van der Waals surface area contributed by atoms with Crippen LogP contribution in [0.2, 0.25) is 0 Å². The van der Waals surface area contributed by atoms with Crippen molar-refractivity contribution in [2.45, 2.75) is 44.4 Å². The van der Waals surface area contributed by atoms with Gasteiger partial charge in [0.2, 0.25) is 5.91 Å². The molecule has 1 aromatic carbocycles. The Balaban J connectivity index is 1.54. The molecule has 1 saturated carbocycles. The molecule has 3 rings (SSSR count). The summed E-state index contributed by atoms with van der Waals surface area (Å²) < 4.78 is 5.12. The number of hydrogen-bond donors (Lipinski definition) is 3. The van der Waals surface area contributed by atoms with Gasteiger partial charge in [-0.05, 0) is 24.3 Å². The summed E-state index contributed by atoms with van der Waals surface area (Å²) in [5, 5.41) is 14.7. The highest BCUT2D eigenvalue weighted by molar-refractivity contribution is 5.89. The number of Topliss-reactive ketones (excluding diaryl/α,β-unsaturated/α-hetero) is 1. The number of benzene rings is 1. The van der Waals surface area contributed by atoms with Crippen LogP contribution in [0.4, 0.5) is 4.79 Å². The van der Waals surface area contributed by atoms with E-state index in [1.165, 1.54) is 0 Å². The van der Waals surface area contributed by atoms with E-state index in [0.717, 1.165) is 5.56 Å². The third-order valence-electron chi connectivity index (χ3n) is 5.19. The molecule has 1 aliphatic heterocycles. The van der Waals surface area contributed by atoms with Crippen LogP contribution in [0.3, 0.4) is 0 Å². The summed E-state index contributed by atoms with van der Waals surface area (Å²) in [5.74, 6) is -2.59. The van der Waals surface area contributed by atoms with Crippen molar-refractivity contribution in [2.24, 2.45) is 11.8 Å². The Kier molecular flexibility index (Phi) is 5.73. The molecule has 0 spiro atoms. The number of carbonyl (C=O) groups is 4. The first-order valence-electron chi connectivity index (χ1n) is 8.96. The quantitative estimate of drug-likeness (QED) is 0.713. The van der Waals surface area contributed by atoms with Crippen molar-refractivity contribution in [1.82, 2.24) is 10.6 Å². The van der Waals surface area contributed by atoms with Crippen molar-refractivity contribution < 1.29 is 29.0 Å². The highest BCUT2D eigenvalue weighted by Crippen LogP contribution is 2.34. The number of carboxylic acids is 1. The molecule has 1 aromatic rings. The van der Waals surface area contributed by atoms with Gasteiger partial charge in [-0.15, -0.1) is 0 Å². The normalized spacial score (nSPS) is 27.7. The Morgan fingerprint density at radius 3 is 2.67 bits per heavy atom. The van der Waals surface area contributed by atoms with Crippen molar-refractivity contribution in [3.05, 3.63) is 35.9 Å². The number of aliphatic carboxylic acids is 1. The zero-order chi connectivity index (χ0) is 19.4. The topological polar surface area (TPSA) is 122 Å². The molecule has 8 heteroatoms. The number of carbonyl (C=O) groups excluding carboxylic acids is 3. The monoisotopic (exact) mass is 374 g/mol. The number of rotatable bonds is 5. The van der Waals surface area contributed by atoms with Crippen molar-refractivity contribution in [3.63, 3.8) is 0 Å². The van der Waals surface area contributed by atoms with Gasteiger partial charge in [-0.1, -0.05) is 30.3 Å². The van der Waals surface area contributed by atoms with Gasteiger partial charge in [0.1, 0.15) is 18.4 Å². The summed E-state index contributed by atoms with van der Waals surface area (Å²) in [6.45, 7) is 0.0935. The number of hydrogen-bond acceptors (Lipinski definition) is 5. The molecule has 0 aromatic heterocycles. The average Bonchev–Trinajstić information content (AvgIpc) is 3.01. The molecule has 8 nitrogen and oxygen atoms in total. The lowest BCUT2D eigenvalue weighted by atomic mass is 9.74. The second-order valence-corrected chi connectivity index (χ2v) is 7.00. The summed E-state index contributed by atoms with van der Waals surface area (Å²) in [7, 11) is 0. The molecule has 0 radical (unpaired) electrons. The minimum Gasteiger partial charge on any atom is -0.481 e. The summed E-state index contributed by atoms with van der Waals surface area (Å²) in [4.78, 5) is 47.2. The van der Waals surface area contributed by atoms with E-state index in [-0.39, 0.29) is 43.1 Å². The van der Waals surface area contributed by atoms with Crippen LogP contribution in [-0.4, -0.2) is 40.9 Å². The molecule has 4 unspecified atom stereocenters. The molecule has 2 fully saturated rings. The minimum absolute atomic E-state index is 0.0103. The summed E-state index contributed by atoms with van der Waals surface area (Å²) in [6.07, 6.45) is 0.309. The van der Waals surface area contributed by atoms with E-state index < -0.39 is 24.0 Å². The Morgan fingerprint density at radius 1 is 1.22 bits per heavy atom. The SMILES string of the molecule is O=C1CCC(C2CC(NC(=O)OCc3ccccc3)C(=O)N2)C(C(=O)O)C1. The Bertz CT molecular complexity index is 735. The smallest absolute Gasteiger partial charge is 0.408 e. The molecule has 4 atom stereocenters. The maximum absolute atomic E-state index is 12.2. The lowest BCUT2D eigenvalue weighted by molar-refractivity contribution is -0.148. The van der Waals surface area contributed by atoms with E-state index in [1.54, 1.807) is 0 Å². The number of alkyl carbamates (subject to hydrolysis) is 1. The molecule has 0 bridgehead atoms. The maximum Gasteiger partial charge on any atom is 0.408 e. The summed E-state index contributed by atoms with van der Waals surface area (Å²) in [5.41, 5.74) is 0.831. The molecule has 27 heavy (non-hydrogen) atoms. The molecule has 3 N–H and O–H groups in total. The second kappa shape index (κ2) is 8.20. The van der Waals surface area contributed by atoms with Crippen LogP contribution in [0.15, 0.2) is 30.3 Å². The Labute approximate surface area is 156 Å². The van der Waals surface area contributed by atoms with Crippen molar-refractivity contribution >= 4 is 23.8 Å². The van der Waals surface area contributed by atoms with Gasteiger partial charge in [-0.25, -0.2) is 4.79 Å². The fourth-order valence-corrected chi connectivity index (χ4v) is 3.80. The van der Waals surface area contributed by atoms with Crippen molar-refractivity contribution in [1.29, 1.82) is 0 Å². The van der Waals surface area contributed by atoms with E-state index in [2.05, 4.69) is 10.6 Å². The molecule has 144 valence electrons. The molecule has 1 heterocycles. The molecule has 2 aliphatic rings. The Hall–Kier alpha value is -2.90. The maximum atomic E-state index is 12.2. The van der Waals surface area contributed by atoms with Gasteiger partial charge >= 0.3 is 12.1 Å². The number of amides is 2. The first-order chi connectivity index (χ1) is 12.9. The third-order valence-corrected chi connectivity index (χ3v) is 5.19. The fraction of sp³-hybridized carbons (Fsp3) is 0.474. The molecule has 1 aliphatic carbocycles. The van der Waals surface area contributed by atoms with Gasteiger partial charge in [-0.3, -0.25) is 14.4 Å². The molecule has 1 saturated heterocycles. The standard InChI is InChI=1S/C19H22N2O6/c22-12-6-7-13(14(8-12)18(24)25)15-9-16(17(23)20-15)21-19(26)27-10-11-4-2-1-3-5-11/h1-5,13-16H,6-10H2,(H,20,23)(H,21,26)(H,24,25). The van der Waals surface area contributed by atoms with Gasteiger partial charge < -0.3 is 20.5 Å². The fourth-order valence-electron chi connectivity index (χ4n) is 3.80. The van der Waals surface area contributed by atoms with Crippen molar-refractivity contribution in [2.75, 3.05) is 0 Å². The summed E-state index contributed by atoms with van der Waals surface area (Å²) in [6, 6.07) is 8.01. The van der Waals surface area contributed by atoms with Gasteiger partial charge in [0, 0.05) is 18.9 Å². The molecular weight excluding hydrogens is 352 g/mol. The second-order valence-electron chi connectivity index (χ2n) is 7.00. The van der Waals surface area contributed by atoms with Crippen LogP contribution in [0, 0.1) is 11.8 Å². The minimum atomic E-state index is -1.03. The first-order valence-corrected chi connectivity index (χ1v) is 8.96. The van der Waals surface area contributed by atoms with Crippen molar-refractivity contribution in [3.8, 4) is 0 Å². The van der Waals surface area contributed by atoms with E-state index in [0.29, 0.717) is 12.8 Å². The Morgan fingerprint density at radius 2 is 1.96 bits per heavy atom. The van der Waals surface area contributed by atoms with Crippen LogP contribution in [0.1, 0.15) is 31.2 Å². The highest BCUT2D eigenvalue weighted by Gasteiger charge is 2.44. The van der Waals surface area contributed by atoms with Crippen LogP contribution < -0.4 is 10.6 Å². The van der Waals surface area contributed by atoms with Crippen LogP contribution >= 0.6 is 0 Å². The van der Waals surface area contributed by atoms with E-state index in [1.807, 2.05) is 30.3 Å². The number of carboxylic acid groups (broad SMARTS) is 1. The van der Waals surface area contributed by atoms with Gasteiger partial charge in [0.25, 0.3) is 0 Å². The van der Waals surface area contributed by atoms with Crippen LogP contribution in [0.5, 0.6) is 0 Å². The summed E-state index contributed by atoms with van der Waals surface area (Å²) >= 11 is 0. The van der Waals surface area contributed by atoms with Gasteiger partial charge in [-0.2, -0.15) is 0 Å². The lowest BCUT2D eigenvalue weighted by Crippen LogP contribution is -2.43. The number of ether oxygens (including phenoxy) is 1. The zero-order valence-electron chi connectivity index (χ0n) is 14.7. The average molecular weight is 374 g/mol. The first kappa shape index (κ1) is 18.9. The molecule has 2 amide bonds. The molecular formula is C19H22N2O6. The van der Waals surface area contributed by atoms with E-state index in [9.17, 15) is 24.3 Å². The highest BCUT2D eigenvalue weighted by atomic mass is 16.5. The largest absolute Gasteiger partial charge is 0.481 e. The zero-order valence-corrected chi connectivity index (χ0v) is 14.7. The number of ketones is 1. The van der Waals surface area contributed by atoms with Crippen LogP contribution in [-0.2, 0) is 25.7 Å². The third kappa shape index (κ3) is 4.64.